The largest absolute Gasteiger partial charge is 0.454 e. The third kappa shape index (κ3) is 2.22. The van der Waals surface area contributed by atoms with Crippen molar-refractivity contribution in [2.45, 2.75) is 32.6 Å². The fraction of sp³-hybridized carbons (Fsp3) is 0.294. The van der Waals surface area contributed by atoms with Gasteiger partial charge in [0.05, 0.1) is 0 Å². The lowest BCUT2D eigenvalue weighted by molar-refractivity contribution is 0.626. The third-order valence-corrected chi connectivity index (χ3v) is 4.32. The van der Waals surface area contributed by atoms with Crippen LogP contribution in [0.25, 0.3) is 22.4 Å². The van der Waals surface area contributed by atoms with Crippen molar-refractivity contribution < 1.29 is 4.42 Å². The molecule has 1 fully saturated rings. The summed E-state index contributed by atoms with van der Waals surface area (Å²) in [6, 6.07) is 8.19. The van der Waals surface area contributed by atoms with Crippen LogP contribution < -0.4 is 0 Å². The predicted molar refractivity (Wildman–Crippen MR) is 83.7 cm³/mol. The first-order valence-corrected chi connectivity index (χ1v) is 7.54. The fourth-order valence-electron chi connectivity index (χ4n) is 2.55. The molecule has 106 valence electrons. The van der Waals surface area contributed by atoms with Crippen LogP contribution in [-0.2, 0) is 0 Å². The maximum atomic E-state index is 6.27. The first-order chi connectivity index (χ1) is 10.1. The highest BCUT2D eigenvalue weighted by molar-refractivity contribution is 6.30. The number of nitrogens with zero attached hydrogens (tertiary/aromatic N) is 2. The molecular weight excluding hydrogens is 284 g/mol. The molecule has 0 atom stereocenters. The summed E-state index contributed by atoms with van der Waals surface area (Å²) in [7, 11) is 0. The van der Waals surface area contributed by atoms with Crippen molar-refractivity contribution in [3.8, 4) is 11.5 Å². The molecule has 1 aliphatic carbocycles. The zero-order chi connectivity index (χ0) is 14.6. The molecule has 1 aliphatic rings. The van der Waals surface area contributed by atoms with E-state index in [9.17, 15) is 0 Å². The van der Waals surface area contributed by atoms with Gasteiger partial charge in [0.25, 0.3) is 0 Å². The Kier molecular flexibility index (Phi) is 2.79. The first kappa shape index (κ1) is 12.8. The average molecular weight is 299 g/mol. The minimum atomic E-state index is 0.466. The molecule has 0 unspecified atom stereocenters. The molecule has 4 heteroatoms. The van der Waals surface area contributed by atoms with Crippen LogP contribution in [0.15, 0.2) is 28.7 Å². The van der Waals surface area contributed by atoms with E-state index in [0.717, 1.165) is 46.7 Å². The van der Waals surface area contributed by atoms with Gasteiger partial charge >= 0.3 is 0 Å². The zero-order valence-corrected chi connectivity index (χ0v) is 12.7. The summed E-state index contributed by atoms with van der Waals surface area (Å²) in [5, 5.41) is 1.62. The molecule has 0 amide bonds. The molecule has 2 heterocycles. The summed E-state index contributed by atoms with van der Waals surface area (Å²) in [5.41, 5.74) is 3.77. The molecule has 3 nitrogen and oxygen atoms in total. The van der Waals surface area contributed by atoms with Crippen LogP contribution in [0.3, 0.4) is 0 Å². The van der Waals surface area contributed by atoms with Crippen LogP contribution in [0.1, 0.15) is 35.7 Å². The number of aryl methyl sites for hydroxylation is 1. The summed E-state index contributed by atoms with van der Waals surface area (Å²) in [6.45, 7) is 4.01. The van der Waals surface area contributed by atoms with Crippen molar-refractivity contribution in [2.24, 2.45) is 0 Å². The highest BCUT2D eigenvalue weighted by Gasteiger charge is 2.28. The van der Waals surface area contributed by atoms with Gasteiger partial charge in [0.15, 0.2) is 5.76 Å². The van der Waals surface area contributed by atoms with Gasteiger partial charge in [-0.3, -0.25) is 0 Å². The lowest BCUT2D eigenvalue weighted by atomic mass is 10.1. The maximum Gasteiger partial charge on any atom is 0.154 e. The summed E-state index contributed by atoms with van der Waals surface area (Å²) in [4.78, 5) is 9.10. The van der Waals surface area contributed by atoms with E-state index in [1.807, 2.05) is 25.1 Å². The Morgan fingerprint density at radius 3 is 2.71 bits per heavy atom. The molecule has 0 radical (unpaired) electrons. The summed E-state index contributed by atoms with van der Waals surface area (Å²) in [5.74, 6) is 2.07. The van der Waals surface area contributed by atoms with Gasteiger partial charge < -0.3 is 4.42 Å². The number of fused-ring (bicyclic) bond motifs is 1. The highest BCUT2D eigenvalue weighted by Crippen LogP contribution is 2.40. The quantitative estimate of drug-likeness (QED) is 0.622. The van der Waals surface area contributed by atoms with Crippen molar-refractivity contribution >= 4 is 22.6 Å². The lowest BCUT2D eigenvalue weighted by Crippen LogP contribution is -1.98. The minimum Gasteiger partial charge on any atom is -0.454 e. The molecule has 0 N–H and O–H groups in total. The number of hydrogen-bond donors (Lipinski definition) is 0. The number of furan rings is 1. The Morgan fingerprint density at radius 1 is 1.14 bits per heavy atom. The Morgan fingerprint density at radius 2 is 1.95 bits per heavy atom. The Labute approximate surface area is 128 Å². The van der Waals surface area contributed by atoms with E-state index in [-0.39, 0.29) is 0 Å². The molecule has 1 aromatic carbocycles. The van der Waals surface area contributed by atoms with Gasteiger partial charge in [0, 0.05) is 16.9 Å². The summed E-state index contributed by atoms with van der Waals surface area (Å²) >= 11 is 6.27. The van der Waals surface area contributed by atoms with Crippen LogP contribution >= 0.6 is 11.6 Å². The van der Waals surface area contributed by atoms with Gasteiger partial charge in [-0.15, -0.1) is 0 Å². The normalized spacial score (nSPS) is 14.8. The van der Waals surface area contributed by atoms with E-state index < -0.39 is 0 Å². The van der Waals surface area contributed by atoms with Crippen LogP contribution in [0.2, 0.25) is 5.15 Å². The zero-order valence-electron chi connectivity index (χ0n) is 12.0. The summed E-state index contributed by atoms with van der Waals surface area (Å²) in [6.07, 6.45) is 2.30. The first-order valence-electron chi connectivity index (χ1n) is 7.16. The molecule has 0 aliphatic heterocycles. The topological polar surface area (TPSA) is 38.9 Å². The van der Waals surface area contributed by atoms with E-state index >= 15 is 0 Å². The molecule has 21 heavy (non-hydrogen) atoms. The van der Waals surface area contributed by atoms with Crippen molar-refractivity contribution in [2.75, 3.05) is 0 Å². The molecule has 1 saturated carbocycles. The van der Waals surface area contributed by atoms with Crippen LogP contribution in [0.5, 0.6) is 0 Å². The number of hydrogen-bond acceptors (Lipinski definition) is 3. The van der Waals surface area contributed by atoms with Crippen molar-refractivity contribution in [1.82, 2.24) is 9.97 Å². The minimum absolute atomic E-state index is 0.466. The molecule has 0 spiro atoms. The molecule has 4 rings (SSSR count). The van der Waals surface area contributed by atoms with Gasteiger partial charge in [-0.2, -0.15) is 0 Å². The SMILES string of the molecule is Cc1ccc2oc(-c3nc(C4CC4)nc(Cl)c3C)cc2c1. The van der Waals surface area contributed by atoms with Crippen LogP contribution in [0, 0.1) is 13.8 Å². The Bertz CT molecular complexity index is 849. The molecule has 0 saturated heterocycles. The number of aromatic nitrogens is 2. The van der Waals surface area contributed by atoms with E-state index in [1.54, 1.807) is 0 Å². The van der Waals surface area contributed by atoms with Gasteiger partial charge in [-0.05, 0) is 44.9 Å². The second-order valence-corrected chi connectivity index (χ2v) is 6.13. The maximum absolute atomic E-state index is 6.27. The Balaban J connectivity index is 1.90. The Hall–Kier alpha value is -1.87. The van der Waals surface area contributed by atoms with Gasteiger partial charge in [-0.25, -0.2) is 9.97 Å². The fourth-order valence-corrected chi connectivity index (χ4v) is 2.73. The second kappa shape index (κ2) is 4.57. The van der Waals surface area contributed by atoms with Crippen LogP contribution in [-0.4, -0.2) is 9.97 Å². The number of benzene rings is 1. The second-order valence-electron chi connectivity index (χ2n) is 5.77. The van der Waals surface area contributed by atoms with E-state index in [1.165, 1.54) is 5.56 Å². The van der Waals surface area contributed by atoms with E-state index in [2.05, 4.69) is 18.0 Å². The molecule has 2 aromatic heterocycles. The van der Waals surface area contributed by atoms with Crippen LogP contribution in [0.4, 0.5) is 0 Å². The molecule has 3 aromatic rings. The van der Waals surface area contributed by atoms with Gasteiger partial charge in [0.2, 0.25) is 0 Å². The average Bonchev–Trinajstić information content (AvgIpc) is 3.22. The number of halogens is 1. The van der Waals surface area contributed by atoms with Gasteiger partial charge in [-0.1, -0.05) is 23.2 Å². The van der Waals surface area contributed by atoms with E-state index in [4.69, 9.17) is 21.0 Å². The highest BCUT2D eigenvalue weighted by atomic mass is 35.5. The summed E-state index contributed by atoms with van der Waals surface area (Å²) < 4.78 is 5.95. The van der Waals surface area contributed by atoms with Crippen molar-refractivity contribution in [3.63, 3.8) is 0 Å². The monoisotopic (exact) mass is 298 g/mol. The third-order valence-electron chi connectivity index (χ3n) is 3.95. The number of rotatable bonds is 2. The smallest absolute Gasteiger partial charge is 0.154 e. The molecular formula is C17H15ClN2O. The van der Waals surface area contributed by atoms with Crippen molar-refractivity contribution in [1.29, 1.82) is 0 Å². The van der Waals surface area contributed by atoms with E-state index in [0.29, 0.717) is 11.1 Å². The lowest BCUT2D eigenvalue weighted by Gasteiger charge is -2.06. The van der Waals surface area contributed by atoms with Crippen molar-refractivity contribution in [3.05, 3.63) is 46.4 Å². The van der Waals surface area contributed by atoms with Gasteiger partial charge in [0.1, 0.15) is 22.3 Å². The standard InChI is InChI=1S/C17H15ClN2O/c1-9-3-6-13-12(7-9)8-14(21-13)15-10(2)16(18)20-17(19-15)11-4-5-11/h3,6-8,11H,4-5H2,1-2H3. The molecule has 0 bridgehead atoms. The predicted octanol–water partition coefficient (Wildman–Crippen LogP) is 5.04.